The van der Waals surface area contributed by atoms with Crippen LogP contribution in [-0.4, -0.2) is 30.6 Å². The lowest BCUT2D eigenvalue weighted by Crippen LogP contribution is -2.14. The highest BCUT2D eigenvalue weighted by Crippen LogP contribution is 2.40. The Kier molecular flexibility index (Phi) is 3.43. The van der Waals surface area contributed by atoms with E-state index in [1.807, 2.05) is 22.7 Å². The number of hydrogen-bond acceptors (Lipinski definition) is 4. The van der Waals surface area contributed by atoms with Crippen LogP contribution in [0.25, 0.3) is 5.65 Å². The molecule has 0 saturated heterocycles. The zero-order valence-corrected chi connectivity index (χ0v) is 13.8. The van der Waals surface area contributed by atoms with E-state index in [1.165, 1.54) is 18.4 Å². The first-order chi connectivity index (χ1) is 11.2. The maximum atomic E-state index is 9.82. The number of pyridine rings is 1. The number of hydrogen-bond donors (Lipinski definition) is 1. The summed E-state index contributed by atoms with van der Waals surface area (Å²) in [7, 11) is 0. The van der Waals surface area contributed by atoms with Gasteiger partial charge in [-0.2, -0.15) is 5.26 Å². The molecule has 0 bridgehead atoms. The molecule has 3 aromatic rings. The molecule has 1 aliphatic carbocycles. The number of aliphatic hydroxyl groups is 1. The molecule has 1 saturated carbocycles. The first-order valence-electron chi connectivity index (χ1n) is 7.43. The topological polar surface area (TPSA) is 79.1 Å². The van der Waals surface area contributed by atoms with Gasteiger partial charge in [0.25, 0.3) is 0 Å². The zero-order valence-electron chi connectivity index (χ0n) is 12.2. The summed E-state index contributed by atoms with van der Waals surface area (Å²) in [6.45, 7) is -0.126. The van der Waals surface area contributed by atoms with Gasteiger partial charge >= 0.3 is 0 Å². The average Bonchev–Trinajstić information content (AvgIpc) is 3.22. The Morgan fingerprint density at radius 1 is 1.30 bits per heavy atom. The maximum Gasteiger partial charge on any atom is 0.179 e. The molecule has 116 valence electrons. The van der Waals surface area contributed by atoms with E-state index in [0.717, 1.165) is 11.3 Å². The Morgan fingerprint density at radius 3 is 2.78 bits per heavy atom. The third-order valence-electron chi connectivity index (χ3n) is 4.19. The summed E-state index contributed by atoms with van der Waals surface area (Å²) in [6, 6.07) is 5.75. The fraction of sp³-hybridized carbons (Fsp3) is 0.312. The van der Waals surface area contributed by atoms with E-state index in [-0.39, 0.29) is 12.6 Å². The molecule has 4 rings (SSSR count). The summed E-state index contributed by atoms with van der Waals surface area (Å²) in [5.74, 6) is 0.680. The molecule has 1 N–H and O–H groups in total. The molecule has 3 heterocycles. The van der Waals surface area contributed by atoms with Crippen molar-refractivity contribution in [1.82, 2.24) is 18.9 Å². The average molecular weight is 372 g/mol. The molecular formula is C16H14BrN5O. The molecule has 0 amide bonds. The third-order valence-corrected chi connectivity index (χ3v) is 4.78. The van der Waals surface area contributed by atoms with Gasteiger partial charge in [0.2, 0.25) is 0 Å². The van der Waals surface area contributed by atoms with Crippen LogP contribution in [0, 0.1) is 11.3 Å². The Bertz CT molecular complexity index is 918. The monoisotopic (exact) mass is 371 g/mol. The minimum atomic E-state index is -0.386. The smallest absolute Gasteiger partial charge is 0.179 e. The SMILES string of the molecule is N#Cc1cn(C(CO)c2cn3cc(C4CC4)ccc3n2)c(Br)n1. The number of halogens is 1. The van der Waals surface area contributed by atoms with Gasteiger partial charge < -0.3 is 14.1 Å². The van der Waals surface area contributed by atoms with Crippen molar-refractivity contribution < 1.29 is 5.11 Å². The van der Waals surface area contributed by atoms with Gasteiger partial charge in [-0.05, 0) is 46.3 Å². The predicted molar refractivity (Wildman–Crippen MR) is 87.0 cm³/mol. The van der Waals surface area contributed by atoms with Crippen LogP contribution in [-0.2, 0) is 0 Å². The van der Waals surface area contributed by atoms with Gasteiger partial charge in [0.1, 0.15) is 17.8 Å². The molecule has 1 atom stereocenters. The second-order valence-corrected chi connectivity index (χ2v) is 6.49. The summed E-state index contributed by atoms with van der Waals surface area (Å²) >= 11 is 3.33. The van der Waals surface area contributed by atoms with Gasteiger partial charge in [0.15, 0.2) is 10.4 Å². The molecule has 1 unspecified atom stereocenters. The van der Waals surface area contributed by atoms with Crippen molar-refractivity contribution in [3.05, 3.63) is 52.4 Å². The Morgan fingerprint density at radius 2 is 2.13 bits per heavy atom. The number of imidazole rings is 2. The maximum absolute atomic E-state index is 9.82. The highest BCUT2D eigenvalue weighted by Gasteiger charge is 2.24. The Hall–Kier alpha value is -2.17. The first-order valence-corrected chi connectivity index (χ1v) is 8.23. The summed E-state index contributed by atoms with van der Waals surface area (Å²) in [5.41, 5.74) is 3.22. The summed E-state index contributed by atoms with van der Waals surface area (Å²) in [5, 5.41) is 18.8. The van der Waals surface area contributed by atoms with Crippen molar-refractivity contribution in [2.45, 2.75) is 24.8 Å². The number of nitrogens with zero attached hydrogens (tertiary/aromatic N) is 5. The molecule has 0 aliphatic heterocycles. The summed E-state index contributed by atoms with van der Waals surface area (Å²) in [4.78, 5) is 8.70. The molecule has 1 fully saturated rings. The van der Waals surface area contributed by atoms with Crippen molar-refractivity contribution >= 4 is 21.6 Å². The van der Waals surface area contributed by atoms with E-state index in [1.54, 1.807) is 10.8 Å². The van der Waals surface area contributed by atoms with Crippen LogP contribution >= 0.6 is 15.9 Å². The molecule has 0 radical (unpaired) electrons. The van der Waals surface area contributed by atoms with E-state index < -0.39 is 0 Å². The van der Waals surface area contributed by atoms with Crippen LogP contribution < -0.4 is 0 Å². The summed E-state index contributed by atoms with van der Waals surface area (Å²) in [6.07, 6.45) is 8.17. The number of aliphatic hydroxyl groups excluding tert-OH is 1. The van der Waals surface area contributed by atoms with E-state index in [4.69, 9.17) is 5.26 Å². The molecule has 23 heavy (non-hydrogen) atoms. The van der Waals surface area contributed by atoms with Crippen molar-refractivity contribution in [2.75, 3.05) is 6.61 Å². The Balaban J connectivity index is 1.76. The van der Waals surface area contributed by atoms with Crippen LogP contribution in [0.3, 0.4) is 0 Å². The largest absolute Gasteiger partial charge is 0.394 e. The van der Waals surface area contributed by atoms with Gasteiger partial charge in [-0.1, -0.05) is 6.07 Å². The fourth-order valence-corrected chi connectivity index (χ4v) is 3.36. The lowest BCUT2D eigenvalue weighted by molar-refractivity contribution is 0.245. The molecule has 0 aromatic carbocycles. The van der Waals surface area contributed by atoms with Crippen molar-refractivity contribution in [3.63, 3.8) is 0 Å². The highest BCUT2D eigenvalue weighted by atomic mass is 79.9. The van der Waals surface area contributed by atoms with Crippen LogP contribution in [0.5, 0.6) is 0 Å². The number of rotatable bonds is 4. The second-order valence-electron chi connectivity index (χ2n) is 5.78. The van der Waals surface area contributed by atoms with E-state index in [2.05, 4.69) is 38.2 Å². The molecular weight excluding hydrogens is 358 g/mol. The van der Waals surface area contributed by atoms with Crippen LogP contribution in [0.4, 0.5) is 0 Å². The van der Waals surface area contributed by atoms with Gasteiger partial charge in [0.05, 0.1) is 12.3 Å². The molecule has 1 aliphatic rings. The van der Waals surface area contributed by atoms with Crippen molar-refractivity contribution in [1.29, 1.82) is 5.26 Å². The van der Waals surface area contributed by atoms with Gasteiger partial charge in [0, 0.05) is 18.6 Å². The van der Waals surface area contributed by atoms with Gasteiger partial charge in [-0.25, -0.2) is 9.97 Å². The number of nitriles is 1. The lowest BCUT2D eigenvalue weighted by Gasteiger charge is -2.14. The predicted octanol–water partition coefficient (Wildman–Crippen LogP) is 2.62. The molecule has 3 aromatic heterocycles. The Labute approximate surface area is 141 Å². The minimum Gasteiger partial charge on any atom is -0.394 e. The summed E-state index contributed by atoms with van der Waals surface area (Å²) < 4.78 is 4.23. The van der Waals surface area contributed by atoms with Crippen molar-refractivity contribution in [3.8, 4) is 6.07 Å². The molecule has 7 heteroatoms. The second kappa shape index (κ2) is 5.48. The minimum absolute atomic E-state index is 0.126. The molecule has 6 nitrogen and oxygen atoms in total. The lowest BCUT2D eigenvalue weighted by atomic mass is 10.2. The quantitative estimate of drug-likeness (QED) is 0.764. The standard InChI is InChI=1S/C16H14BrN5O/c17-16-19-12(5-18)7-22(16)14(9-23)13-8-21-6-11(10-1-2-10)3-4-15(21)20-13/h3-4,6-8,10,14,23H,1-2,9H2. The third kappa shape index (κ3) is 2.54. The zero-order chi connectivity index (χ0) is 16.0. The van der Waals surface area contributed by atoms with Gasteiger partial charge in [-0.3, -0.25) is 0 Å². The van der Waals surface area contributed by atoms with E-state index >= 15 is 0 Å². The van der Waals surface area contributed by atoms with E-state index in [9.17, 15) is 5.11 Å². The van der Waals surface area contributed by atoms with Crippen LogP contribution in [0.1, 0.15) is 41.8 Å². The van der Waals surface area contributed by atoms with Crippen LogP contribution in [0.15, 0.2) is 35.5 Å². The molecule has 0 spiro atoms. The number of fused-ring (bicyclic) bond motifs is 1. The van der Waals surface area contributed by atoms with Crippen molar-refractivity contribution in [2.24, 2.45) is 0 Å². The first kappa shape index (κ1) is 14.4. The van der Waals surface area contributed by atoms with Crippen LogP contribution in [0.2, 0.25) is 0 Å². The highest BCUT2D eigenvalue weighted by molar-refractivity contribution is 9.10. The number of aromatic nitrogens is 4. The van der Waals surface area contributed by atoms with Gasteiger partial charge in [-0.15, -0.1) is 0 Å². The fourth-order valence-electron chi connectivity index (χ4n) is 2.81. The normalized spacial score (nSPS) is 15.7. The van der Waals surface area contributed by atoms with E-state index in [0.29, 0.717) is 16.3 Å².